The van der Waals surface area contributed by atoms with Crippen molar-refractivity contribution in [1.29, 1.82) is 0 Å². The zero-order chi connectivity index (χ0) is 22.0. The standard InChI is InChI=1S/C26H31NO3S/c1-19(2)18-31(29,30)22-13-15-27(16-14-22)26(28)12-11-25-23-9-5-3-7-20(23)17-21-8-4-6-10-24(21)25/h3-10,17,19,22H,11-16,18H2,1-2H3. The number of rotatable bonds is 6. The van der Waals surface area contributed by atoms with Crippen molar-refractivity contribution in [3.8, 4) is 0 Å². The van der Waals surface area contributed by atoms with E-state index in [1.165, 1.54) is 27.1 Å². The van der Waals surface area contributed by atoms with Gasteiger partial charge in [0.2, 0.25) is 5.91 Å². The molecule has 1 saturated heterocycles. The van der Waals surface area contributed by atoms with Crippen molar-refractivity contribution < 1.29 is 13.2 Å². The van der Waals surface area contributed by atoms with Gasteiger partial charge in [0.15, 0.2) is 9.84 Å². The highest BCUT2D eigenvalue weighted by Crippen LogP contribution is 2.30. The molecular formula is C26H31NO3S. The smallest absolute Gasteiger partial charge is 0.222 e. The lowest BCUT2D eigenvalue weighted by Crippen LogP contribution is -2.43. The van der Waals surface area contributed by atoms with Crippen LogP contribution in [0.4, 0.5) is 0 Å². The third-order valence-electron chi connectivity index (χ3n) is 6.34. The highest BCUT2D eigenvalue weighted by Gasteiger charge is 2.31. The Kier molecular flexibility index (Phi) is 6.33. The molecule has 0 aliphatic carbocycles. The van der Waals surface area contributed by atoms with Gasteiger partial charge in [0.25, 0.3) is 0 Å². The fourth-order valence-corrected chi connectivity index (χ4v) is 6.96. The van der Waals surface area contributed by atoms with Crippen LogP contribution in [0.15, 0.2) is 54.6 Å². The van der Waals surface area contributed by atoms with Gasteiger partial charge in [-0.1, -0.05) is 62.4 Å². The maximum atomic E-state index is 13.0. The number of carbonyl (C=O) groups excluding carboxylic acids is 1. The summed E-state index contributed by atoms with van der Waals surface area (Å²) in [6.45, 7) is 4.95. The number of hydrogen-bond donors (Lipinski definition) is 0. The molecule has 0 radical (unpaired) electrons. The summed E-state index contributed by atoms with van der Waals surface area (Å²) in [6, 6.07) is 18.9. The van der Waals surface area contributed by atoms with Crippen LogP contribution in [0.2, 0.25) is 0 Å². The van der Waals surface area contributed by atoms with Gasteiger partial charge in [-0.15, -0.1) is 0 Å². The minimum atomic E-state index is -3.07. The number of amides is 1. The van der Waals surface area contributed by atoms with Crippen molar-refractivity contribution in [2.45, 2.75) is 44.8 Å². The molecule has 0 N–H and O–H groups in total. The summed E-state index contributed by atoms with van der Waals surface area (Å²) in [7, 11) is -3.07. The molecule has 5 heteroatoms. The average Bonchev–Trinajstić information content (AvgIpc) is 2.75. The number of likely N-dealkylation sites (tertiary alicyclic amines) is 1. The van der Waals surface area contributed by atoms with Crippen LogP contribution in [0.1, 0.15) is 38.7 Å². The minimum Gasteiger partial charge on any atom is -0.343 e. The van der Waals surface area contributed by atoms with Gasteiger partial charge in [0.1, 0.15) is 0 Å². The summed E-state index contributed by atoms with van der Waals surface area (Å²) >= 11 is 0. The Labute approximate surface area is 185 Å². The second-order valence-electron chi connectivity index (χ2n) is 9.10. The molecule has 0 unspecified atom stereocenters. The second-order valence-corrected chi connectivity index (χ2v) is 11.4. The zero-order valence-corrected chi connectivity index (χ0v) is 19.2. The molecule has 0 aromatic heterocycles. The van der Waals surface area contributed by atoms with Crippen molar-refractivity contribution in [3.05, 3.63) is 60.2 Å². The van der Waals surface area contributed by atoms with E-state index >= 15 is 0 Å². The summed E-state index contributed by atoms with van der Waals surface area (Å²) in [5.74, 6) is 0.497. The van der Waals surface area contributed by atoms with E-state index in [-0.39, 0.29) is 22.8 Å². The van der Waals surface area contributed by atoms with Crippen LogP contribution in [-0.2, 0) is 21.1 Å². The lowest BCUT2D eigenvalue weighted by atomic mass is 9.94. The maximum Gasteiger partial charge on any atom is 0.222 e. The lowest BCUT2D eigenvalue weighted by molar-refractivity contribution is -0.131. The predicted molar refractivity (Wildman–Crippen MR) is 128 cm³/mol. The summed E-state index contributed by atoms with van der Waals surface area (Å²) in [4.78, 5) is 14.8. The molecule has 1 amide bonds. The first kappa shape index (κ1) is 21.8. The Bertz CT molecular complexity index is 1140. The number of nitrogens with zero attached hydrogens (tertiary/aromatic N) is 1. The van der Waals surface area contributed by atoms with Gasteiger partial charge in [-0.25, -0.2) is 8.42 Å². The topological polar surface area (TPSA) is 54.5 Å². The van der Waals surface area contributed by atoms with Crippen LogP contribution in [0.25, 0.3) is 21.5 Å². The predicted octanol–water partition coefficient (Wildman–Crippen LogP) is 4.99. The van der Waals surface area contributed by atoms with Crippen LogP contribution in [0, 0.1) is 5.92 Å². The van der Waals surface area contributed by atoms with Crippen LogP contribution in [-0.4, -0.2) is 43.3 Å². The Morgan fingerprint density at radius 1 is 0.968 bits per heavy atom. The van der Waals surface area contributed by atoms with E-state index in [4.69, 9.17) is 0 Å². The molecule has 0 atom stereocenters. The van der Waals surface area contributed by atoms with Gasteiger partial charge >= 0.3 is 0 Å². The third kappa shape index (κ3) is 4.77. The van der Waals surface area contributed by atoms with Gasteiger partial charge < -0.3 is 4.90 Å². The van der Waals surface area contributed by atoms with Crippen LogP contribution >= 0.6 is 0 Å². The molecular weight excluding hydrogens is 406 g/mol. The van der Waals surface area contributed by atoms with Crippen LogP contribution < -0.4 is 0 Å². The first-order valence-corrected chi connectivity index (χ1v) is 13.0. The van der Waals surface area contributed by atoms with Gasteiger partial charge in [-0.3, -0.25) is 4.79 Å². The Morgan fingerprint density at radius 2 is 1.52 bits per heavy atom. The number of sulfone groups is 1. The van der Waals surface area contributed by atoms with Crippen LogP contribution in [0.3, 0.4) is 0 Å². The van der Waals surface area contributed by atoms with E-state index in [1.807, 2.05) is 43.0 Å². The van der Waals surface area contributed by atoms with E-state index in [2.05, 4.69) is 30.3 Å². The van der Waals surface area contributed by atoms with Crippen molar-refractivity contribution in [3.63, 3.8) is 0 Å². The van der Waals surface area contributed by atoms with E-state index in [0.29, 0.717) is 38.8 Å². The average molecular weight is 438 g/mol. The molecule has 0 spiro atoms. The molecule has 1 heterocycles. The Hall–Kier alpha value is -2.40. The normalized spacial score (nSPS) is 15.8. The summed E-state index contributed by atoms with van der Waals surface area (Å²) < 4.78 is 25.1. The number of hydrogen-bond acceptors (Lipinski definition) is 3. The summed E-state index contributed by atoms with van der Waals surface area (Å²) in [5.41, 5.74) is 1.22. The number of benzene rings is 3. The molecule has 4 rings (SSSR count). The van der Waals surface area contributed by atoms with Crippen LogP contribution in [0.5, 0.6) is 0 Å². The third-order valence-corrected chi connectivity index (χ3v) is 8.96. The summed E-state index contributed by atoms with van der Waals surface area (Å²) in [6.07, 6.45) is 2.24. The molecule has 31 heavy (non-hydrogen) atoms. The largest absolute Gasteiger partial charge is 0.343 e. The van der Waals surface area contributed by atoms with E-state index in [0.717, 1.165) is 0 Å². The molecule has 4 nitrogen and oxygen atoms in total. The van der Waals surface area contributed by atoms with Crippen molar-refractivity contribution in [1.82, 2.24) is 4.90 Å². The summed E-state index contributed by atoms with van der Waals surface area (Å²) in [5, 5.41) is 4.49. The fourth-order valence-electron chi connectivity index (χ4n) is 4.83. The monoisotopic (exact) mass is 437 g/mol. The van der Waals surface area contributed by atoms with Gasteiger partial charge in [-0.2, -0.15) is 0 Å². The van der Waals surface area contributed by atoms with E-state index in [9.17, 15) is 13.2 Å². The highest BCUT2D eigenvalue weighted by molar-refractivity contribution is 7.92. The van der Waals surface area contributed by atoms with Gasteiger partial charge in [0.05, 0.1) is 11.0 Å². The first-order valence-electron chi connectivity index (χ1n) is 11.2. The van der Waals surface area contributed by atoms with Crippen molar-refractivity contribution in [2.75, 3.05) is 18.8 Å². The Morgan fingerprint density at radius 3 is 2.06 bits per heavy atom. The van der Waals surface area contributed by atoms with Gasteiger partial charge in [-0.05, 0) is 58.4 Å². The molecule has 1 aliphatic heterocycles. The first-order chi connectivity index (χ1) is 14.8. The van der Waals surface area contributed by atoms with Crippen molar-refractivity contribution in [2.24, 2.45) is 5.92 Å². The van der Waals surface area contributed by atoms with Crippen molar-refractivity contribution >= 4 is 37.3 Å². The fraction of sp³-hybridized carbons (Fsp3) is 0.423. The molecule has 3 aromatic carbocycles. The highest BCUT2D eigenvalue weighted by atomic mass is 32.2. The minimum absolute atomic E-state index is 0.122. The van der Waals surface area contributed by atoms with E-state index < -0.39 is 9.84 Å². The molecule has 1 fully saturated rings. The molecule has 1 aliphatic rings. The SMILES string of the molecule is CC(C)CS(=O)(=O)C1CCN(C(=O)CCc2c3ccccc3cc3ccccc23)CC1. The number of carbonyl (C=O) groups is 1. The molecule has 164 valence electrons. The molecule has 0 saturated carbocycles. The number of aryl methyl sites for hydroxylation is 1. The Balaban J connectivity index is 1.46. The number of fused-ring (bicyclic) bond motifs is 2. The molecule has 0 bridgehead atoms. The quantitative estimate of drug-likeness (QED) is 0.511. The second kappa shape index (κ2) is 8.99. The van der Waals surface area contributed by atoms with E-state index in [1.54, 1.807) is 0 Å². The maximum absolute atomic E-state index is 13.0. The lowest BCUT2D eigenvalue weighted by Gasteiger charge is -2.32. The molecule has 3 aromatic rings. The number of piperidine rings is 1. The zero-order valence-electron chi connectivity index (χ0n) is 18.4. The van der Waals surface area contributed by atoms with Gasteiger partial charge in [0, 0.05) is 19.5 Å².